The first-order chi connectivity index (χ1) is 11.2. The zero-order valence-corrected chi connectivity index (χ0v) is 15.2. The molecule has 23 heavy (non-hydrogen) atoms. The molecule has 0 bridgehead atoms. The van der Waals surface area contributed by atoms with Crippen LogP contribution in [0.4, 0.5) is 4.79 Å². The molecular formula is C16H20BrN3O2S. The molecule has 1 unspecified atom stereocenters. The second-order valence-corrected chi connectivity index (χ2v) is 7.48. The summed E-state index contributed by atoms with van der Waals surface area (Å²) in [6.07, 6.45) is 4.10. The number of thiophene rings is 1. The highest BCUT2D eigenvalue weighted by molar-refractivity contribution is 9.10. The van der Waals surface area contributed by atoms with Gasteiger partial charge in [0.15, 0.2) is 0 Å². The van der Waals surface area contributed by atoms with Gasteiger partial charge in [-0.2, -0.15) is 0 Å². The van der Waals surface area contributed by atoms with E-state index in [0.717, 1.165) is 28.2 Å². The van der Waals surface area contributed by atoms with E-state index in [2.05, 4.69) is 31.5 Å². The van der Waals surface area contributed by atoms with E-state index in [1.807, 2.05) is 23.6 Å². The first-order valence-electron chi connectivity index (χ1n) is 7.74. The molecule has 7 heteroatoms. The Kier molecular flexibility index (Phi) is 5.75. The summed E-state index contributed by atoms with van der Waals surface area (Å²) in [7, 11) is 0. The molecule has 0 radical (unpaired) electrons. The van der Waals surface area contributed by atoms with Crippen molar-refractivity contribution in [2.24, 2.45) is 0 Å². The molecule has 0 saturated carbocycles. The number of halogens is 1. The Labute approximate surface area is 148 Å². The molecule has 5 nitrogen and oxygen atoms in total. The van der Waals surface area contributed by atoms with Crippen molar-refractivity contribution in [1.82, 2.24) is 15.5 Å². The molecule has 2 N–H and O–H groups in total. The standard InChI is InChI=1S/C16H20BrN3O2S/c17-12-8-13(23-11-12)9-18-16(21)19-10-14(15-4-3-7-22-15)20-5-1-2-6-20/h3-4,7-8,11,14H,1-2,5-6,9-10H2,(H2,18,19,21). The maximum Gasteiger partial charge on any atom is 0.315 e. The van der Waals surface area contributed by atoms with E-state index in [0.29, 0.717) is 13.1 Å². The SMILES string of the molecule is O=C(NCc1cc(Br)cs1)NCC(c1ccco1)N1CCCC1. The number of furan rings is 1. The van der Waals surface area contributed by atoms with Gasteiger partial charge >= 0.3 is 6.03 Å². The lowest BCUT2D eigenvalue weighted by molar-refractivity contribution is 0.203. The quantitative estimate of drug-likeness (QED) is 0.780. The van der Waals surface area contributed by atoms with Crippen LogP contribution in [-0.4, -0.2) is 30.6 Å². The lowest BCUT2D eigenvalue weighted by Gasteiger charge is -2.26. The average Bonchev–Trinajstić information content (AvgIpc) is 3.28. The predicted octanol–water partition coefficient (Wildman–Crippen LogP) is 3.74. The molecule has 0 aromatic carbocycles. The summed E-state index contributed by atoms with van der Waals surface area (Å²) in [6.45, 7) is 3.19. The molecule has 1 aliphatic heterocycles. The minimum absolute atomic E-state index is 0.106. The van der Waals surface area contributed by atoms with Crippen LogP contribution in [0.15, 0.2) is 38.7 Å². The van der Waals surface area contributed by atoms with Crippen LogP contribution in [0.5, 0.6) is 0 Å². The third-order valence-electron chi connectivity index (χ3n) is 3.95. The first kappa shape index (κ1) is 16.5. The van der Waals surface area contributed by atoms with Crippen molar-refractivity contribution in [2.75, 3.05) is 19.6 Å². The number of carbonyl (C=O) groups is 1. The third kappa shape index (κ3) is 4.59. The number of amides is 2. The highest BCUT2D eigenvalue weighted by atomic mass is 79.9. The van der Waals surface area contributed by atoms with Gasteiger partial charge < -0.3 is 15.1 Å². The van der Waals surface area contributed by atoms with Gasteiger partial charge in [-0.15, -0.1) is 11.3 Å². The van der Waals surface area contributed by atoms with Crippen molar-refractivity contribution < 1.29 is 9.21 Å². The summed E-state index contributed by atoms with van der Waals surface area (Å²) >= 11 is 5.04. The number of carbonyl (C=O) groups excluding carboxylic acids is 1. The third-order valence-corrected chi connectivity index (χ3v) is 5.65. The largest absolute Gasteiger partial charge is 0.468 e. The van der Waals surface area contributed by atoms with Crippen molar-refractivity contribution in [3.8, 4) is 0 Å². The van der Waals surface area contributed by atoms with Gasteiger partial charge in [0.2, 0.25) is 0 Å². The fraction of sp³-hybridized carbons (Fsp3) is 0.438. The number of urea groups is 1. The molecule has 1 saturated heterocycles. The van der Waals surface area contributed by atoms with E-state index >= 15 is 0 Å². The van der Waals surface area contributed by atoms with Gasteiger partial charge in [-0.25, -0.2) is 4.79 Å². The van der Waals surface area contributed by atoms with E-state index in [9.17, 15) is 4.79 Å². The van der Waals surface area contributed by atoms with Crippen LogP contribution in [0.25, 0.3) is 0 Å². The topological polar surface area (TPSA) is 57.5 Å². The second kappa shape index (κ2) is 7.99. The lowest BCUT2D eigenvalue weighted by Crippen LogP contribution is -2.41. The summed E-state index contributed by atoms with van der Waals surface area (Å²) in [5.41, 5.74) is 0. The maximum absolute atomic E-state index is 12.0. The number of rotatable bonds is 6. The summed E-state index contributed by atoms with van der Waals surface area (Å²) in [5.74, 6) is 0.911. The van der Waals surface area contributed by atoms with Crippen LogP contribution in [0.1, 0.15) is 29.5 Å². The Hall–Kier alpha value is -1.31. The molecule has 2 aromatic heterocycles. The summed E-state index contributed by atoms with van der Waals surface area (Å²) in [4.78, 5) is 15.5. The maximum atomic E-state index is 12.0. The summed E-state index contributed by atoms with van der Waals surface area (Å²) in [5, 5.41) is 7.87. The second-order valence-electron chi connectivity index (χ2n) is 5.57. The van der Waals surface area contributed by atoms with Gasteiger partial charge in [0.05, 0.1) is 18.8 Å². The number of hydrogen-bond acceptors (Lipinski definition) is 4. The monoisotopic (exact) mass is 397 g/mol. The number of nitrogens with one attached hydrogen (secondary N) is 2. The van der Waals surface area contributed by atoms with Crippen LogP contribution < -0.4 is 10.6 Å². The average molecular weight is 398 g/mol. The molecule has 3 rings (SSSR count). The minimum atomic E-state index is -0.148. The lowest BCUT2D eigenvalue weighted by atomic mass is 10.2. The molecule has 2 amide bonds. The molecule has 3 heterocycles. The molecule has 1 atom stereocenters. The molecule has 0 spiro atoms. The molecule has 0 aliphatic carbocycles. The van der Waals surface area contributed by atoms with Crippen LogP contribution in [0, 0.1) is 0 Å². The van der Waals surface area contributed by atoms with E-state index in [-0.39, 0.29) is 12.1 Å². The Morgan fingerprint density at radius 2 is 2.22 bits per heavy atom. The number of nitrogens with zero attached hydrogens (tertiary/aromatic N) is 1. The highest BCUT2D eigenvalue weighted by Crippen LogP contribution is 2.24. The Balaban J connectivity index is 1.50. The minimum Gasteiger partial charge on any atom is -0.468 e. The van der Waals surface area contributed by atoms with Crippen LogP contribution in [0.2, 0.25) is 0 Å². The molecule has 1 aliphatic rings. The molecule has 1 fully saturated rings. The predicted molar refractivity (Wildman–Crippen MR) is 94.5 cm³/mol. The smallest absolute Gasteiger partial charge is 0.315 e. The van der Waals surface area contributed by atoms with Gasteiger partial charge in [-0.3, -0.25) is 4.90 Å². The molecule has 2 aromatic rings. The zero-order chi connectivity index (χ0) is 16.1. The zero-order valence-electron chi connectivity index (χ0n) is 12.8. The van der Waals surface area contributed by atoms with Gasteiger partial charge in [0.25, 0.3) is 0 Å². The highest BCUT2D eigenvalue weighted by Gasteiger charge is 2.25. The Morgan fingerprint density at radius 3 is 2.87 bits per heavy atom. The number of likely N-dealkylation sites (tertiary alicyclic amines) is 1. The van der Waals surface area contributed by atoms with Crippen LogP contribution in [-0.2, 0) is 6.54 Å². The van der Waals surface area contributed by atoms with Crippen molar-refractivity contribution in [3.63, 3.8) is 0 Å². The van der Waals surface area contributed by atoms with Gasteiger partial charge in [-0.05, 0) is 60.1 Å². The van der Waals surface area contributed by atoms with Crippen molar-refractivity contribution in [2.45, 2.75) is 25.4 Å². The summed E-state index contributed by atoms with van der Waals surface area (Å²) in [6, 6.07) is 5.85. The normalized spacial score (nSPS) is 16.4. The summed E-state index contributed by atoms with van der Waals surface area (Å²) < 4.78 is 6.60. The van der Waals surface area contributed by atoms with Crippen LogP contribution >= 0.6 is 27.3 Å². The van der Waals surface area contributed by atoms with Crippen LogP contribution in [0.3, 0.4) is 0 Å². The van der Waals surface area contributed by atoms with Gasteiger partial charge in [0, 0.05) is 21.3 Å². The van der Waals surface area contributed by atoms with Crippen molar-refractivity contribution in [1.29, 1.82) is 0 Å². The molecular weight excluding hydrogens is 378 g/mol. The molecule has 124 valence electrons. The van der Waals surface area contributed by atoms with Crippen molar-refractivity contribution in [3.05, 3.63) is 45.0 Å². The fourth-order valence-corrected chi connectivity index (χ4v) is 4.20. The van der Waals surface area contributed by atoms with Crippen molar-refractivity contribution >= 4 is 33.3 Å². The van der Waals surface area contributed by atoms with E-state index in [1.54, 1.807) is 17.6 Å². The Morgan fingerprint density at radius 1 is 1.39 bits per heavy atom. The van der Waals surface area contributed by atoms with E-state index in [1.165, 1.54) is 12.8 Å². The number of hydrogen-bond donors (Lipinski definition) is 2. The fourth-order valence-electron chi connectivity index (χ4n) is 2.81. The van der Waals surface area contributed by atoms with E-state index in [4.69, 9.17) is 4.42 Å². The first-order valence-corrected chi connectivity index (χ1v) is 9.42. The van der Waals surface area contributed by atoms with E-state index < -0.39 is 0 Å². The van der Waals surface area contributed by atoms with Gasteiger partial charge in [0.1, 0.15) is 5.76 Å². The van der Waals surface area contributed by atoms with Gasteiger partial charge in [-0.1, -0.05) is 0 Å². The Bertz CT molecular complexity index is 623.